The highest BCUT2D eigenvalue weighted by atomic mass is 16.5. The molecule has 0 aliphatic carbocycles. The Kier molecular flexibility index (Phi) is 5.82. The summed E-state index contributed by atoms with van der Waals surface area (Å²) in [6.45, 7) is 9.58. The van der Waals surface area contributed by atoms with Crippen LogP contribution in [0.15, 0.2) is 35.1 Å². The van der Waals surface area contributed by atoms with Crippen LogP contribution in [0.5, 0.6) is 5.75 Å². The molecular weight excluding hydrogens is 292 g/mol. The zero-order valence-electron chi connectivity index (χ0n) is 14.1. The molecule has 0 spiro atoms. The molecule has 1 aromatic carbocycles. The van der Waals surface area contributed by atoms with Crippen molar-refractivity contribution in [3.05, 3.63) is 47.4 Å². The number of aryl methyl sites for hydroxylation is 2. The third-order valence-corrected chi connectivity index (χ3v) is 3.40. The second-order valence-corrected chi connectivity index (χ2v) is 5.86. The Labute approximate surface area is 137 Å². The molecule has 23 heavy (non-hydrogen) atoms. The fourth-order valence-electron chi connectivity index (χ4n) is 2.35. The van der Waals surface area contributed by atoms with Crippen molar-refractivity contribution < 1.29 is 13.9 Å². The first-order valence-electron chi connectivity index (χ1n) is 7.78. The van der Waals surface area contributed by atoms with Crippen LogP contribution in [0.4, 0.5) is 5.69 Å². The molecule has 0 aliphatic heterocycles. The largest absolute Gasteiger partial charge is 0.492 e. The lowest BCUT2D eigenvalue weighted by atomic mass is 10.1. The SMILES string of the molecule is Cc1cc(NC(=O)c2ccoc2)cc(C)c1OCCNC(C)C. The molecule has 1 heterocycles. The van der Waals surface area contributed by atoms with Crippen LogP contribution < -0.4 is 15.4 Å². The molecule has 1 amide bonds. The lowest BCUT2D eigenvalue weighted by Crippen LogP contribution is -2.27. The van der Waals surface area contributed by atoms with Gasteiger partial charge >= 0.3 is 0 Å². The van der Waals surface area contributed by atoms with Gasteiger partial charge in [0.15, 0.2) is 0 Å². The summed E-state index contributed by atoms with van der Waals surface area (Å²) in [5.74, 6) is 0.684. The summed E-state index contributed by atoms with van der Waals surface area (Å²) in [4.78, 5) is 12.0. The first-order valence-corrected chi connectivity index (χ1v) is 7.78. The number of nitrogens with one attached hydrogen (secondary N) is 2. The van der Waals surface area contributed by atoms with E-state index in [9.17, 15) is 4.79 Å². The van der Waals surface area contributed by atoms with Crippen LogP contribution in [0.25, 0.3) is 0 Å². The zero-order chi connectivity index (χ0) is 16.8. The Morgan fingerprint density at radius 3 is 2.52 bits per heavy atom. The van der Waals surface area contributed by atoms with Crippen molar-refractivity contribution in [3.8, 4) is 5.75 Å². The Hall–Kier alpha value is -2.27. The number of benzene rings is 1. The highest BCUT2D eigenvalue weighted by molar-refractivity contribution is 6.04. The molecule has 2 N–H and O–H groups in total. The monoisotopic (exact) mass is 316 g/mol. The van der Waals surface area contributed by atoms with E-state index < -0.39 is 0 Å². The summed E-state index contributed by atoms with van der Waals surface area (Å²) in [5, 5.41) is 6.19. The predicted octanol–water partition coefficient (Wildman–Crippen LogP) is 3.53. The van der Waals surface area contributed by atoms with Crippen molar-refractivity contribution in [1.29, 1.82) is 0 Å². The third kappa shape index (κ3) is 4.86. The van der Waals surface area contributed by atoms with Gasteiger partial charge in [-0.2, -0.15) is 0 Å². The van der Waals surface area contributed by atoms with Gasteiger partial charge in [-0.15, -0.1) is 0 Å². The quantitative estimate of drug-likeness (QED) is 0.767. The fraction of sp³-hybridized carbons (Fsp3) is 0.389. The maximum absolute atomic E-state index is 12.0. The molecule has 2 rings (SSSR count). The number of rotatable bonds is 7. The van der Waals surface area contributed by atoms with Gasteiger partial charge in [0.25, 0.3) is 5.91 Å². The van der Waals surface area contributed by atoms with Crippen molar-refractivity contribution >= 4 is 11.6 Å². The van der Waals surface area contributed by atoms with Crippen molar-refractivity contribution in [1.82, 2.24) is 5.32 Å². The van der Waals surface area contributed by atoms with Crippen molar-refractivity contribution in [2.75, 3.05) is 18.5 Å². The Balaban J connectivity index is 2.00. The van der Waals surface area contributed by atoms with E-state index in [0.717, 1.165) is 29.1 Å². The highest BCUT2D eigenvalue weighted by Gasteiger charge is 2.11. The van der Waals surface area contributed by atoms with Crippen LogP contribution in [0.3, 0.4) is 0 Å². The minimum Gasteiger partial charge on any atom is -0.492 e. The fourth-order valence-corrected chi connectivity index (χ4v) is 2.35. The van der Waals surface area contributed by atoms with Gasteiger partial charge in [-0.3, -0.25) is 4.79 Å². The summed E-state index contributed by atoms with van der Waals surface area (Å²) < 4.78 is 10.8. The lowest BCUT2D eigenvalue weighted by Gasteiger charge is -2.15. The summed E-state index contributed by atoms with van der Waals surface area (Å²) in [5.41, 5.74) is 3.24. The minimum absolute atomic E-state index is 0.188. The van der Waals surface area contributed by atoms with Gasteiger partial charge in [-0.25, -0.2) is 0 Å². The molecule has 0 saturated carbocycles. The number of carbonyl (C=O) groups is 1. The van der Waals surface area contributed by atoms with Crippen molar-refractivity contribution in [2.24, 2.45) is 0 Å². The summed E-state index contributed by atoms with van der Waals surface area (Å²) >= 11 is 0. The van der Waals surface area contributed by atoms with Crippen molar-refractivity contribution in [2.45, 2.75) is 33.7 Å². The third-order valence-electron chi connectivity index (χ3n) is 3.40. The molecule has 0 bridgehead atoms. The Morgan fingerprint density at radius 2 is 1.96 bits per heavy atom. The molecule has 124 valence electrons. The average molecular weight is 316 g/mol. The van der Waals surface area contributed by atoms with Gasteiger partial charge in [0.05, 0.1) is 11.8 Å². The van der Waals surface area contributed by atoms with E-state index in [1.165, 1.54) is 12.5 Å². The maximum Gasteiger partial charge on any atom is 0.258 e. The molecule has 0 unspecified atom stereocenters. The number of ether oxygens (including phenoxy) is 1. The number of furan rings is 1. The number of hydrogen-bond acceptors (Lipinski definition) is 4. The van der Waals surface area contributed by atoms with Gasteiger partial charge in [0, 0.05) is 18.3 Å². The Bertz CT molecular complexity index is 625. The van der Waals surface area contributed by atoms with Gasteiger partial charge in [0.2, 0.25) is 0 Å². The molecule has 0 fully saturated rings. The number of anilines is 1. The smallest absolute Gasteiger partial charge is 0.258 e. The Morgan fingerprint density at radius 1 is 1.26 bits per heavy atom. The molecule has 0 aliphatic rings. The highest BCUT2D eigenvalue weighted by Crippen LogP contribution is 2.27. The molecule has 1 aromatic heterocycles. The van der Waals surface area contributed by atoms with Gasteiger partial charge in [0.1, 0.15) is 18.6 Å². The second kappa shape index (κ2) is 7.83. The van der Waals surface area contributed by atoms with Crippen molar-refractivity contribution in [3.63, 3.8) is 0 Å². The number of hydrogen-bond donors (Lipinski definition) is 2. The first kappa shape index (κ1) is 17.1. The topological polar surface area (TPSA) is 63.5 Å². The standard InChI is InChI=1S/C18H24N2O3/c1-12(2)19-6-8-23-17-13(3)9-16(10-14(17)4)20-18(21)15-5-7-22-11-15/h5,7,9-12,19H,6,8H2,1-4H3,(H,20,21). The maximum atomic E-state index is 12.0. The zero-order valence-corrected chi connectivity index (χ0v) is 14.1. The number of amides is 1. The van der Waals surface area contributed by atoms with Crippen LogP contribution in [0.2, 0.25) is 0 Å². The molecule has 0 atom stereocenters. The molecule has 5 nitrogen and oxygen atoms in total. The predicted molar refractivity (Wildman–Crippen MR) is 91.2 cm³/mol. The average Bonchev–Trinajstić information content (AvgIpc) is 2.99. The molecular formula is C18H24N2O3. The molecule has 0 saturated heterocycles. The van der Waals surface area contributed by atoms with Gasteiger partial charge in [-0.05, 0) is 43.2 Å². The minimum atomic E-state index is -0.188. The van der Waals surface area contributed by atoms with Crippen LogP contribution in [0, 0.1) is 13.8 Å². The lowest BCUT2D eigenvalue weighted by molar-refractivity contribution is 0.102. The normalized spacial score (nSPS) is 10.8. The summed E-state index contributed by atoms with van der Waals surface area (Å²) in [6.07, 6.45) is 2.90. The van der Waals surface area contributed by atoms with E-state index in [4.69, 9.17) is 9.15 Å². The van der Waals surface area contributed by atoms with Gasteiger partial charge < -0.3 is 19.8 Å². The molecule has 0 radical (unpaired) electrons. The van der Waals surface area contributed by atoms with E-state index in [1.54, 1.807) is 6.07 Å². The van der Waals surface area contributed by atoms with Gasteiger partial charge in [-0.1, -0.05) is 13.8 Å². The van der Waals surface area contributed by atoms with Crippen LogP contribution in [-0.2, 0) is 0 Å². The van der Waals surface area contributed by atoms with E-state index in [1.807, 2.05) is 26.0 Å². The molecule has 5 heteroatoms. The van der Waals surface area contributed by atoms with Crippen LogP contribution in [0.1, 0.15) is 35.3 Å². The molecule has 2 aromatic rings. The summed E-state index contributed by atoms with van der Waals surface area (Å²) in [7, 11) is 0. The van der Waals surface area contributed by atoms with Crippen LogP contribution >= 0.6 is 0 Å². The number of carbonyl (C=O) groups excluding carboxylic acids is 1. The van der Waals surface area contributed by atoms with E-state index >= 15 is 0 Å². The van der Waals surface area contributed by atoms with E-state index in [2.05, 4.69) is 24.5 Å². The second-order valence-electron chi connectivity index (χ2n) is 5.86. The van der Waals surface area contributed by atoms with E-state index in [0.29, 0.717) is 18.2 Å². The van der Waals surface area contributed by atoms with E-state index in [-0.39, 0.29) is 5.91 Å². The first-order chi connectivity index (χ1) is 11.0. The summed E-state index contributed by atoms with van der Waals surface area (Å²) in [6, 6.07) is 5.90. The van der Waals surface area contributed by atoms with Crippen LogP contribution in [-0.4, -0.2) is 25.1 Å².